The molecule has 0 aromatic heterocycles. The van der Waals surface area contributed by atoms with Crippen molar-refractivity contribution in [2.75, 3.05) is 26.3 Å². The predicted molar refractivity (Wildman–Crippen MR) is 145 cm³/mol. The number of carbonyl (C=O) groups is 3. The van der Waals surface area contributed by atoms with E-state index in [0.717, 1.165) is 29.3 Å². The number of hydrogen-bond donors (Lipinski definition) is 1. The molecule has 0 radical (unpaired) electrons. The van der Waals surface area contributed by atoms with Crippen molar-refractivity contribution in [2.45, 2.75) is 96.9 Å². The highest BCUT2D eigenvalue weighted by Gasteiger charge is 2.35. The summed E-state index contributed by atoms with van der Waals surface area (Å²) in [7, 11) is 0. The summed E-state index contributed by atoms with van der Waals surface area (Å²) in [6, 6.07) is 4.81. The van der Waals surface area contributed by atoms with Crippen LogP contribution in [0.25, 0.3) is 0 Å². The maximum absolute atomic E-state index is 13.0. The molecule has 1 fully saturated rings. The zero-order chi connectivity index (χ0) is 26.6. The fourth-order valence-electron chi connectivity index (χ4n) is 4.29. The quantitative estimate of drug-likeness (QED) is 0.236. The fourth-order valence-corrected chi connectivity index (χ4v) is 4.65. The lowest BCUT2D eigenvalue weighted by atomic mass is 9.86. The van der Waals surface area contributed by atoms with E-state index in [4.69, 9.17) is 9.47 Å². The van der Waals surface area contributed by atoms with Gasteiger partial charge in [0.15, 0.2) is 6.61 Å². The molecule has 8 heteroatoms. The van der Waals surface area contributed by atoms with Crippen LogP contribution in [0.4, 0.5) is 0 Å². The van der Waals surface area contributed by atoms with Gasteiger partial charge in [-0.15, -0.1) is 0 Å². The number of ether oxygens (including phenoxy) is 2. The Bertz CT molecular complexity index is 868. The maximum Gasteiger partial charge on any atom is 0.308 e. The molecule has 2 amide bonds. The highest BCUT2D eigenvalue weighted by molar-refractivity contribution is 9.10. The van der Waals surface area contributed by atoms with E-state index in [1.807, 2.05) is 18.2 Å². The smallest absolute Gasteiger partial charge is 0.308 e. The van der Waals surface area contributed by atoms with Crippen LogP contribution in [-0.2, 0) is 24.5 Å². The van der Waals surface area contributed by atoms with Crippen molar-refractivity contribution in [3.05, 3.63) is 28.2 Å². The molecule has 202 valence electrons. The van der Waals surface area contributed by atoms with Crippen LogP contribution in [0.15, 0.2) is 22.7 Å². The number of nitrogens with zero attached hydrogens (tertiary/aromatic N) is 1. The lowest BCUT2D eigenvalue weighted by Gasteiger charge is -2.34. The number of halogens is 1. The Kier molecular flexibility index (Phi) is 12.7. The number of amides is 2. The van der Waals surface area contributed by atoms with Gasteiger partial charge in [-0.05, 0) is 30.0 Å². The zero-order valence-corrected chi connectivity index (χ0v) is 24.0. The first kappa shape index (κ1) is 30.1. The van der Waals surface area contributed by atoms with Gasteiger partial charge in [-0.3, -0.25) is 14.4 Å². The van der Waals surface area contributed by atoms with Gasteiger partial charge in [-0.2, -0.15) is 0 Å². The molecule has 1 heterocycles. The number of rotatable bonds is 14. The summed E-state index contributed by atoms with van der Waals surface area (Å²) in [5, 5.41) is 2.75. The third kappa shape index (κ3) is 10.1. The van der Waals surface area contributed by atoms with Crippen molar-refractivity contribution in [2.24, 2.45) is 0 Å². The molecule has 1 aliphatic heterocycles. The largest absolute Gasteiger partial charge is 0.483 e. The van der Waals surface area contributed by atoms with E-state index in [2.05, 4.69) is 48.9 Å². The maximum atomic E-state index is 13.0. The first-order valence-electron chi connectivity index (χ1n) is 13.3. The van der Waals surface area contributed by atoms with Gasteiger partial charge >= 0.3 is 5.97 Å². The Hall–Kier alpha value is -2.09. The van der Waals surface area contributed by atoms with E-state index in [1.54, 1.807) is 0 Å². The standard InChI is InChI=1S/C28H43BrN2O5/c1-5-6-7-8-9-10-11-12-17-35-26(33)19-23-27(34)30-15-16-31(23)25(32)20-36-24-14-13-21(29)18-22(24)28(2,3)4/h13-14,18,23H,5-12,15-17,19-20H2,1-4H3,(H,30,34). The second-order valence-electron chi connectivity index (χ2n) is 10.5. The highest BCUT2D eigenvalue weighted by atomic mass is 79.9. The van der Waals surface area contributed by atoms with Crippen molar-refractivity contribution in [3.8, 4) is 5.75 Å². The summed E-state index contributed by atoms with van der Waals surface area (Å²) in [5.74, 6) is -0.491. The van der Waals surface area contributed by atoms with Crippen LogP contribution in [-0.4, -0.2) is 55.0 Å². The molecule has 36 heavy (non-hydrogen) atoms. The van der Waals surface area contributed by atoms with Crippen molar-refractivity contribution in [1.82, 2.24) is 10.2 Å². The molecule has 1 N–H and O–H groups in total. The third-order valence-electron chi connectivity index (χ3n) is 6.37. The van der Waals surface area contributed by atoms with Crippen LogP contribution in [0.3, 0.4) is 0 Å². The van der Waals surface area contributed by atoms with E-state index in [-0.39, 0.29) is 30.3 Å². The molecule has 0 spiro atoms. The van der Waals surface area contributed by atoms with Gasteiger partial charge in [0, 0.05) is 23.1 Å². The lowest BCUT2D eigenvalue weighted by molar-refractivity contribution is -0.152. The van der Waals surface area contributed by atoms with Crippen LogP contribution < -0.4 is 10.1 Å². The zero-order valence-electron chi connectivity index (χ0n) is 22.4. The molecule has 1 aromatic rings. The number of esters is 1. The molecule has 0 aliphatic carbocycles. The van der Waals surface area contributed by atoms with Gasteiger partial charge in [0.2, 0.25) is 5.91 Å². The fraction of sp³-hybridized carbons (Fsp3) is 0.679. The van der Waals surface area contributed by atoms with Crippen LogP contribution in [0, 0.1) is 0 Å². The van der Waals surface area contributed by atoms with Crippen molar-refractivity contribution >= 4 is 33.7 Å². The summed E-state index contributed by atoms with van der Waals surface area (Å²) in [5.41, 5.74) is 0.802. The summed E-state index contributed by atoms with van der Waals surface area (Å²) in [4.78, 5) is 39.4. The van der Waals surface area contributed by atoms with Gasteiger partial charge in [0.25, 0.3) is 5.91 Å². The normalized spacial score (nSPS) is 16.0. The second-order valence-corrected chi connectivity index (χ2v) is 11.4. The summed E-state index contributed by atoms with van der Waals surface area (Å²) >= 11 is 3.49. The Morgan fingerprint density at radius 3 is 2.42 bits per heavy atom. The Balaban J connectivity index is 1.84. The Labute approximate surface area is 224 Å². The minimum atomic E-state index is -0.882. The van der Waals surface area contributed by atoms with E-state index >= 15 is 0 Å². The number of hydrogen-bond acceptors (Lipinski definition) is 5. The summed E-state index contributed by atoms with van der Waals surface area (Å²) in [6.45, 7) is 9.26. The molecule has 7 nitrogen and oxygen atoms in total. The molecule has 1 unspecified atom stereocenters. The topological polar surface area (TPSA) is 84.9 Å². The number of benzene rings is 1. The van der Waals surface area contributed by atoms with Gasteiger partial charge in [0.1, 0.15) is 11.8 Å². The SMILES string of the molecule is CCCCCCCCCCOC(=O)CC1C(=O)NCCN1C(=O)COc1ccc(Br)cc1C(C)(C)C. The Morgan fingerprint density at radius 2 is 1.75 bits per heavy atom. The molecule has 1 aliphatic rings. The molecule has 0 bridgehead atoms. The molecule has 2 rings (SSSR count). The van der Waals surface area contributed by atoms with E-state index in [1.165, 1.54) is 37.0 Å². The van der Waals surface area contributed by atoms with Crippen molar-refractivity contribution in [1.29, 1.82) is 0 Å². The first-order chi connectivity index (χ1) is 17.1. The molecule has 0 saturated carbocycles. The molecule has 1 atom stereocenters. The van der Waals surface area contributed by atoms with Gasteiger partial charge in [-0.25, -0.2) is 0 Å². The number of carbonyl (C=O) groups excluding carboxylic acids is 3. The van der Waals surface area contributed by atoms with Crippen LogP contribution >= 0.6 is 15.9 Å². The molecule has 1 aromatic carbocycles. The van der Waals surface area contributed by atoms with E-state index in [9.17, 15) is 14.4 Å². The lowest BCUT2D eigenvalue weighted by Crippen LogP contribution is -2.58. The number of nitrogens with one attached hydrogen (secondary N) is 1. The van der Waals surface area contributed by atoms with E-state index in [0.29, 0.717) is 25.4 Å². The molecule has 1 saturated heterocycles. The van der Waals surface area contributed by atoms with Crippen molar-refractivity contribution < 1.29 is 23.9 Å². The average Bonchev–Trinajstić information content (AvgIpc) is 2.82. The monoisotopic (exact) mass is 566 g/mol. The third-order valence-corrected chi connectivity index (χ3v) is 6.87. The predicted octanol–water partition coefficient (Wildman–Crippen LogP) is 5.53. The first-order valence-corrected chi connectivity index (χ1v) is 14.1. The van der Waals surface area contributed by atoms with Gasteiger partial charge in [0.05, 0.1) is 13.0 Å². The van der Waals surface area contributed by atoms with Gasteiger partial charge < -0.3 is 19.7 Å². The molecular weight excluding hydrogens is 524 g/mol. The minimum absolute atomic E-state index is 0.153. The highest BCUT2D eigenvalue weighted by Crippen LogP contribution is 2.33. The minimum Gasteiger partial charge on any atom is -0.483 e. The molecular formula is C28H43BrN2O5. The summed E-state index contributed by atoms with van der Waals surface area (Å²) in [6.07, 6.45) is 9.13. The number of unbranched alkanes of at least 4 members (excludes halogenated alkanes) is 7. The van der Waals surface area contributed by atoms with E-state index < -0.39 is 12.0 Å². The second kappa shape index (κ2) is 15.2. The van der Waals surface area contributed by atoms with Crippen molar-refractivity contribution in [3.63, 3.8) is 0 Å². The van der Waals surface area contributed by atoms with Crippen LogP contribution in [0.2, 0.25) is 0 Å². The average molecular weight is 568 g/mol. The van der Waals surface area contributed by atoms with Crippen LogP contribution in [0.5, 0.6) is 5.75 Å². The van der Waals surface area contributed by atoms with Crippen LogP contribution in [0.1, 0.15) is 91.0 Å². The number of piperazine rings is 1. The Morgan fingerprint density at radius 1 is 1.08 bits per heavy atom. The van der Waals surface area contributed by atoms with Gasteiger partial charge in [-0.1, -0.05) is 88.6 Å². The summed E-state index contributed by atoms with van der Waals surface area (Å²) < 4.78 is 12.2.